The van der Waals surface area contributed by atoms with Gasteiger partial charge >= 0.3 is 12.4 Å². The fourth-order valence-electron chi connectivity index (χ4n) is 1.95. The Bertz CT molecular complexity index is 733. The zero-order valence-corrected chi connectivity index (χ0v) is 13.3. The van der Waals surface area contributed by atoms with Crippen molar-refractivity contribution in [1.29, 1.82) is 0 Å². The Morgan fingerprint density at radius 2 is 1.44 bits per heavy atom. The van der Waals surface area contributed by atoms with Gasteiger partial charge < -0.3 is 24.8 Å². The largest absolute Gasteiger partial charge is 0.573 e. The van der Waals surface area contributed by atoms with E-state index in [1.807, 2.05) is 0 Å². The van der Waals surface area contributed by atoms with Crippen LogP contribution in [0.25, 0.3) is 0 Å². The molecule has 0 aliphatic rings. The van der Waals surface area contributed by atoms with Crippen LogP contribution in [0.3, 0.4) is 0 Å². The Morgan fingerprint density at radius 1 is 0.880 bits per heavy atom. The normalized spacial score (nSPS) is 10.8. The number of hydrogen-bond acceptors (Lipinski definition) is 4. The van der Waals surface area contributed by atoms with Crippen molar-refractivity contribution >= 4 is 17.4 Å². The second-order valence-electron chi connectivity index (χ2n) is 4.72. The molecule has 0 aliphatic carbocycles. The van der Waals surface area contributed by atoms with Gasteiger partial charge in [-0.15, -0.1) is 13.2 Å². The molecule has 9 heteroatoms. The fraction of sp³-hybridized carbons (Fsp3) is 0.188. The van der Waals surface area contributed by atoms with E-state index in [4.69, 9.17) is 9.47 Å². The third-order valence-corrected chi connectivity index (χ3v) is 2.99. The molecule has 2 amide bonds. The van der Waals surface area contributed by atoms with Crippen molar-refractivity contribution in [2.24, 2.45) is 0 Å². The third-order valence-electron chi connectivity index (χ3n) is 2.99. The van der Waals surface area contributed by atoms with Gasteiger partial charge in [-0.3, -0.25) is 0 Å². The molecule has 0 bridgehead atoms. The van der Waals surface area contributed by atoms with Crippen molar-refractivity contribution in [3.8, 4) is 17.2 Å². The smallest absolute Gasteiger partial charge is 0.493 e. The molecule has 2 aromatic carbocycles. The first-order valence-corrected chi connectivity index (χ1v) is 6.96. The summed E-state index contributed by atoms with van der Waals surface area (Å²) in [5.41, 5.74) is 0.750. The van der Waals surface area contributed by atoms with Crippen molar-refractivity contribution in [3.63, 3.8) is 0 Å². The molecule has 0 fully saturated rings. The van der Waals surface area contributed by atoms with Crippen LogP contribution < -0.4 is 24.8 Å². The zero-order valence-electron chi connectivity index (χ0n) is 13.3. The average Bonchev–Trinajstić information content (AvgIpc) is 2.55. The predicted molar refractivity (Wildman–Crippen MR) is 85.3 cm³/mol. The Morgan fingerprint density at radius 3 is 2.00 bits per heavy atom. The monoisotopic (exact) mass is 356 g/mol. The van der Waals surface area contributed by atoms with Crippen LogP contribution >= 0.6 is 0 Å². The molecule has 25 heavy (non-hydrogen) atoms. The third kappa shape index (κ3) is 5.48. The molecule has 0 unspecified atom stereocenters. The number of alkyl halides is 3. The van der Waals surface area contributed by atoms with Crippen molar-refractivity contribution in [1.82, 2.24) is 0 Å². The summed E-state index contributed by atoms with van der Waals surface area (Å²) >= 11 is 0. The van der Waals surface area contributed by atoms with E-state index < -0.39 is 12.4 Å². The number of benzene rings is 2. The first kappa shape index (κ1) is 18.2. The van der Waals surface area contributed by atoms with Gasteiger partial charge in [-0.25, -0.2) is 4.79 Å². The van der Waals surface area contributed by atoms with E-state index in [1.165, 1.54) is 26.4 Å². The SMILES string of the molecule is COc1ccc(NC(=O)Nc2ccc(OC(F)(F)F)cc2)cc1OC. The summed E-state index contributed by atoms with van der Waals surface area (Å²) in [5.74, 6) is 0.570. The number of hydrogen-bond donors (Lipinski definition) is 2. The number of ether oxygens (including phenoxy) is 3. The maximum absolute atomic E-state index is 12.1. The second-order valence-corrected chi connectivity index (χ2v) is 4.72. The van der Waals surface area contributed by atoms with Gasteiger partial charge in [0.15, 0.2) is 11.5 Å². The molecular weight excluding hydrogens is 341 g/mol. The minimum absolute atomic E-state index is 0.299. The lowest BCUT2D eigenvalue weighted by Gasteiger charge is -2.12. The van der Waals surface area contributed by atoms with Crippen molar-refractivity contribution < 1.29 is 32.2 Å². The molecule has 0 spiro atoms. The first-order valence-electron chi connectivity index (χ1n) is 6.96. The standard InChI is InChI=1S/C16H15F3N2O4/c1-23-13-8-5-11(9-14(13)24-2)21-15(22)20-10-3-6-12(7-4-10)25-16(17,18)19/h3-9H,1-2H3,(H2,20,21,22). The van der Waals surface area contributed by atoms with E-state index in [0.717, 1.165) is 12.1 Å². The summed E-state index contributed by atoms with van der Waals surface area (Å²) in [6, 6.07) is 9.00. The van der Waals surface area contributed by atoms with Gasteiger partial charge in [-0.2, -0.15) is 0 Å². The lowest BCUT2D eigenvalue weighted by atomic mass is 10.2. The van der Waals surface area contributed by atoms with Gasteiger partial charge in [0.1, 0.15) is 5.75 Å². The van der Waals surface area contributed by atoms with Crippen LogP contribution in [0.5, 0.6) is 17.2 Å². The molecule has 0 aromatic heterocycles. The van der Waals surface area contributed by atoms with Gasteiger partial charge in [0.05, 0.1) is 14.2 Å². The lowest BCUT2D eigenvalue weighted by Crippen LogP contribution is -2.19. The molecule has 0 saturated carbocycles. The number of methoxy groups -OCH3 is 2. The summed E-state index contributed by atoms with van der Waals surface area (Å²) in [7, 11) is 2.95. The molecule has 0 saturated heterocycles. The second kappa shape index (κ2) is 7.65. The van der Waals surface area contributed by atoms with E-state index in [9.17, 15) is 18.0 Å². The topological polar surface area (TPSA) is 68.8 Å². The zero-order chi connectivity index (χ0) is 18.4. The molecular formula is C16H15F3N2O4. The lowest BCUT2D eigenvalue weighted by molar-refractivity contribution is -0.274. The number of carbonyl (C=O) groups excluding carboxylic acids is 1. The number of nitrogens with one attached hydrogen (secondary N) is 2. The Kier molecular flexibility index (Phi) is 5.58. The Hall–Kier alpha value is -3.10. The van der Waals surface area contributed by atoms with Crippen molar-refractivity contribution in [3.05, 3.63) is 42.5 Å². The molecule has 0 aliphatic heterocycles. The Labute approximate surface area is 141 Å². The molecule has 2 N–H and O–H groups in total. The minimum atomic E-state index is -4.76. The maximum atomic E-state index is 12.1. The predicted octanol–water partition coefficient (Wildman–Crippen LogP) is 4.25. The number of anilines is 2. The summed E-state index contributed by atoms with van der Waals surface area (Å²) in [4.78, 5) is 11.9. The van der Waals surface area contributed by atoms with Gasteiger partial charge in [-0.1, -0.05) is 0 Å². The molecule has 6 nitrogen and oxygen atoms in total. The molecule has 134 valence electrons. The van der Waals surface area contributed by atoms with E-state index in [0.29, 0.717) is 22.9 Å². The highest BCUT2D eigenvalue weighted by Crippen LogP contribution is 2.30. The number of urea groups is 1. The molecule has 2 aromatic rings. The average molecular weight is 356 g/mol. The maximum Gasteiger partial charge on any atom is 0.573 e. The van der Waals surface area contributed by atoms with E-state index in [1.54, 1.807) is 18.2 Å². The quantitative estimate of drug-likeness (QED) is 0.841. The molecule has 0 atom stereocenters. The first-order chi connectivity index (χ1) is 11.8. The fourth-order valence-corrected chi connectivity index (χ4v) is 1.95. The van der Waals surface area contributed by atoms with E-state index >= 15 is 0 Å². The van der Waals surface area contributed by atoms with Crippen LogP contribution in [-0.2, 0) is 0 Å². The summed E-state index contributed by atoms with van der Waals surface area (Å²) in [6.45, 7) is 0. The van der Waals surface area contributed by atoms with Crippen LogP contribution in [0, 0.1) is 0 Å². The highest BCUT2D eigenvalue weighted by molar-refractivity contribution is 5.99. The molecule has 0 heterocycles. The van der Waals surface area contributed by atoms with Crippen LogP contribution in [0.1, 0.15) is 0 Å². The van der Waals surface area contributed by atoms with Crippen molar-refractivity contribution in [2.75, 3.05) is 24.9 Å². The van der Waals surface area contributed by atoms with Crippen molar-refractivity contribution in [2.45, 2.75) is 6.36 Å². The highest BCUT2D eigenvalue weighted by Gasteiger charge is 2.30. The van der Waals surface area contributed by atoms with E-state index in [2.05, 4.69) is 15.4 Å². The van der Waals surface area contributed by atoms with Crippen LogP contribution in [-0.4, -0.2) is 26.6 Å². The summed E-state index contributed by atoms with van der Waals surface area (Å²) in [5, 5.41) is 5.06. The molecule has 2 rings (SSSR count). The number of carbonyl (C=O) groups is 1. The van der Waals surface area contributed by atoms with Crippen LogP contribution in [0.15, 0.2) is 42.5 Å². The van der Waals surface area contributed by atoms with Gasteiger partial charge in [0.25, 0.3) is 0 Å². The van der Waals surface area contributed by atoms with Crippen LogP contribution in [0.4, 0.5) is 29.3 Å². The van der Waals surface area contributed by atoms with Gasteiger partial charge in [0, 0.05) is 17.4 Å². The van der Waals surface area contributed by atoms with Crippen LogP contribution in [0.2, 0.25) is 0 Å². The summed E-state index contributed by atoms with van der Waals surface area (Å²) < 4.78 is 50.2. The number of rotatable bonds is 5. The number of halogens is 3. The van der Waals surface area contributed by atoms with Gasteiger partial charge in [0.2, 0.25) is 0 Å². The van der Waals surface area contributed by atoms with E-state index in [-0.39, 0.29) is 5.75 Å². The minimum Gasteiger partial charge on any atom is -0.493 e. The number of amides is 2. The van der Waals surface area contributed by atoms with Gasteiger partial charge in [-0.05, 0) is 36.4 Å². The summed E-state index contributed by atoms with van der Waals surface area (Å²) in [6.07, 6.45) is -4.76. The molecule has 0 radical (unpaired) electrons. The highest BCUT2D eigenvalue weighted by atomic mass is 19.4. The Balaban J connectivity index is 1.98.